The molecule has 17 heavy (non-hydrogen) atoms. The highest BCUT2D eigenvalue weighted by Crippen LogP contribution is 2.20. The van der Waals surface area contributed by atoms with Gasteiger partial charge in [-0.2, -0.15) is 0 Å². The topological polar surface area (TPSA) is 35.2 Å². The number of ether oxygens (including phenoxy) is 1. The van der Waals surface area contributed by atoms with E-state index in [0.717, 1.165) is 9.75 Å². The number of halogens is 1. The van der Waals surface area contributed by atoms with Gasteiger partial charge in [-0.25, -0.2) is 4.39 Å². The van der Waals surface area contributed by atoms with Gasteiger partial charge in [0.05, 0.1) is 0 Å². The molecule has 1 heterocycles. The summed E-state index contributed by atoms with van der Waals surface area (Å²) in [5.74, 6) is 0.312. The van der Waals surface area contributed by atoms with E-state index in [4.69, 9.17) is 10.5 Å². The van der Waals surface area contributed by atoms with Crippen LogP contribution in [0.3, 0.4) is 0 Å². The van der Waals surface area contributed by atoms with Gasteiger partial charge in [0.2, 0.25) is 0 Å². The van der Waals surface area contributed by atoms with E-state index in [0.29, 0.717) is 24.5 Å². The van der Waals surface area contributed by atoms with Crippen LogP contribution in [-0.4, -0.2) is 0 Å². The van der Waals surface area contributed by atoms with Crippen LogP contribution >= 0.6 is 11.3 Å². The van der Waals surface area contributed by atoms with Crippen LogP contribution in [0, 0.1) is 12.7 Å². The van der Waals surface area contributed by atoms with Gasteiger partial charge in [-0.15, -0.1) is 11.3 Å². The lowest BCUT2D eigenvalue weighted by Crippen LogP contribution is -1.94. The maximum Gasteiger partial charge on any atom is 0.129 e. The lowest BCUT2D eigenvalue weighted by molar-refractivity contribution is 0.308. The summed E-state index contributed by atoms with van der Waals surface area (Å²) in [4.78, 5) is 2.21. The first kappa shape index (κ1) is 12.1. The number of thiophene rings is 1. The molecule has 0 aliphatic heterocycles. The molecule has 90 valence electrons. The highest BCUT2D eigenvalue weighted by Gasteiger charge is 2.02. The largest absolute Gasteiger partial charge is 0.488 e. The summed E-state index contributed by atoms with van der Waals surface area (Å²) in [7, 11) is 0. The van der Waals surface area contributed by atoms with Gasteiger partial charge >= 0.3 is 0 Å². The van der Waals surface area contributed by atoms with Crippen LogP contribution in [0.2, 0.25) is 0 Å². The van der Waals surface area contributed by atoms with Gasteiger partial charge < -0.3 is 10.5 Å². The van der Waals surface area contributed by atoms with Crippen LogP contribution in [-0.2, 0) is 13.2 Å². The summed E-state index contributed by atoms with van der Waals surface area (Å²) < 4.78 is 18.8. The van der Waals surface area contributed by atoms with E-state index in [9.17, 15) is 4.39 Å². The zero-order valence-corrected chi connectivity index (χ0v) is 10.4. The minimum Gasteiger partial charge on any atom is -0.488 e. The third-order valence-electron chi connectivity index (χ3n) is 2.44. The Labute approximate surface area is 104 Å². The fraction of sp³-hybridized carbons (Fsp3) is 0.231. The van der Waals surface area contributed by atoms with E-state index < -0.39 is 0 Å². The van der Waals surface area contributed by atoms with Crippen molar-refractivity contribution in [2.75, 3.05) is 0 Å². The molecular weight excluding hydrogens is 237 g/mol. The molecule has 0 radical (unpaired) electrons. The average Bonchev–Trinajstić information content (AvgIpc) is 2.79. The van der Waals surface area contributed by atoms with Crippen LogP contribution in [0.25, 0.3) is 0 Å². The number of benzene rings is 1. The number of nitrogens with two attached hydrogens (primary N) is 1. The Balaban J connectivity index is 1.99. The van der Waals surface area contributed by atoms with Crippen LogP contribution in [0.4, 0.5) is 4.39 Å². The molecule has 2 rings (SSSR count). The summed E-state index contributed by atoms with van der Waals surface area (Å²) in [6, 6.07) is 8.86. The van der Waals surface area contributed by atoms with E-state index in [1.807, 2.05) is 12.1 Å². The highest BCUT2D eigenvalue weighted by molar-refractivity contribution is 7.11. The molecule has 0 saturated heterocycles. The fourth-order valence-corrected chi connectivity index (χ4v) is 2.24. The summed E-state index contributed by atoms with van der Waals surface area (Å²) in [6.07, 6.45) is 0. The molecule has 1 aromatic heterocycles. The third-order valence-corrected chi connectivity index (χ3v) is 3.52. The van der Waals surface area contributed by atoms with Crippen LogP contribution in [0.1, 0.15) is 15.3 Å². The lowest BCUT2D eigenvalue weighted by Gasteiger charge is -2.05. The van der Waals surface area contributed by atoms with Crippen LogP contribution in [0.15, 0.2) is 30.3 Å². The highest BCUT2D eigenvalue weighted by atomic mass is 32.1. The number of hydrogen-bond donors (Lipinski definition) is 1. The summed E-state index contributed by atoms with van der Waals surface area (Å²) in [5, 5.41) is 0. The zero-order chi connectivity index (χ0) is 12.3. The number of rotatable bonds is 4. The molecule has 4 heteroatoms. The predicted octanol–water partition coefficient (Wildman–Crippen LogP) is 3.23. The Kier molecular flexibility index (Phi) is 3.76. The van der Waals surface area contributed by atoms with Crippen molar-refractivity contribution in [3.63, 3.8) is 0 Å². The molecule has 2 aromatic rings. The van der Waals surface area contributed by atoms with E-state index in [1.165, 1.54) is 6.07 Å². The Bertz CT molecular complexity index is 510. The van der Waals surface area contributed by atoms with Crippen LogP contribution in [0.5, 0.6) is 5.75 Å². The van der Waals surface area contributed by atoms with Gasteiger partial charge in [0.15, 0.2) is 0 Å². The van der Waals surface area contributed by atoms with Gasteiger partial charge in [0.25, 0.3) is 0 Å². The summed E-state index contributed by atoms with van der Waals surface area (Å²) in [6.45, 7) is 2.73. The van der Waals surface area contributed by atoms with Crippen molar-refractivity contribution in [2.45, 2.75) is 20.1 Å². The Morgan fingerprint density at radius 1 is 1.24 bits per heavy atom. The van der Waals surface area contributed by atoms with Crippen molar-refractivity contribution in [1.82, 2.24) is 0 Å². The first-order valence-electron chi connectivity index (χ1n) is 5.35. The fourth-order valence-electron chi connectivity index (χ4n) is 1.43. The van der Waals surface area contributed by atoms with Crippen LogP contribution < -0.4 is 10.5 Å². The summed E-state index contributed by atoms with van der Waals surface area (Å²) >= 11 is 1.62. The maximum atomic E-state index is 13.3. The van der Waals surface area contributed by atoms with E-state index in [-0.39, 0.29) is 5.82 Å². The molecule has 1 aromatic carbocycles. The first-order chi connectivity index (χ1) is 8.19. The van der Waals surface area contributed by atoms with Crippen molar-refractivity contribution in [3.05, 3.63) is 51.5 Å². The third kappa shape index (κ3) is 3.05. The standard InChI is InChI=1S/C13H14FNOS/c1-9-2-3-10(6-13(9)14)16-8-12-5-4-11(7-15)17-12/h2-6H,7-8,15H2,1H3. The molecule has 0 atom stereocenters. The minimum atomic E-state index is -0.240. The quantitative estimate of drug-likeness (QED) is 0.905. The van der Waals surface area contributed by atoms with E-state index in [2.05, 4.69) is 0 Å². The monoisotopic (exact) mass is 251 g/mol. The molecule has 0 aliphatic carbocycles. The van der Waals surface area contributed by atoms with Gasteiger partial charge in [-0.1, -0.05) is 6.07 Å². The van der Waals surface area contributed by atoms with Crippen molar-refractivity contribution < 1.29 is 9.13 Å². The number of aryl methyl sites for hydroxylation is 1. The van der Waals surface area contributed by atoms with Crippen molar-refractivity contribution in [2.24, 2.45) is 5.73 Å². The molecule has 0 aliphatic rings. The second-order valence-electron chi connectivity index (χ2n) is 3.77. The van der Waals surface area contributed by atoms with E-state index in [1.54, 1.807) is 30.4 Å². The maximum absolute atomic E-state index is 13.3. The Morgan fingerprint density at radius 2 is 2.00 bits per heavy atom. The molecule has 0 amide bonds. The van der Waals surface area contributed by atoms with Gasteiger partial charge in [-0.05, 0) is 30.7 Å². The normalized spacial score (nSPS) is 10.5. The minimum absolute atomic E-state index is 0.240. The second-order valence-corrected chi connectivity index (χ2v) is 5.02. The summed E-state index contributed by atoms with van der Waals surface area (Å²) in [5.41, 5.74) is 6.15. The van der Waals surface area contributed by atoms with Crippen molar-refractivity contribution >= 4 is 11.3 Å². The smallest absolute Gasteiger partial charge is 0.129 e. The molecular formula is C13H14FNOS. The van der Waals surface area contributed by atoms with Crippen molar-refractivity contribution in [3.8, 4) is 5.75 Å². The molecule has 0 bridgehead atoms. The lowest BCUT2D eigenvalue weighted by atomic mass is 10.2. The first-order valence-corrected chi connectivity index (χ1v) is 6.17. The second kappa shape index (κ2) is 5.29. The molecule has 0 saturated carbocycles. The molecule has 0 spiro atoms. The average molecular weight is 251 g/mol. The SMILES string of the molecule is Cc1ccc(OCc2ccc(CN)s2)cc1F. The molecule has 2 nitrogen and oxygen atoms in total. The number of hydrogen-bond acceptors (Lipinski definition) is 3. The van der Waals surface area contributed by atoms with Gasteiger partial charge in [-0.3, -0.25) is 0 Å². The van der Waals surface area contributed by atoms with Gasteiger partial charge in [0.1, 0.15) is 18.2 Å². The van der Waals surface area contributed by atoms with E-state index >= 15 is 0 Å². The van der Waals surface area contributed by atoms with Gasteiger partial charge in [0, 0.05) is 22.4 Å². The molecule has 0 fully saturated rings. The Hall–Kier alpha value is -1.39. The molecule has 0 unspecified atom stereocenters. The predicted molar refractivity (Wildman–Crippen MR) is 67.7 cm³/mol. The molecule has 2 N–H and O–H groups in total. The Morgan fingerprint density at radius 3 is 2.65 bits per heavy atom. The van der Waals surface area contributed by atoms with Crippen molar-refractivity contribution in [1.29, 1.82) is 0 Å². The zero-order valence-electron chi connectivity index (χ0n) is 9.57.